The Kier molecular flexibility index (Phi) is 3.30. The third kappa shape index (κ3) is 2.51. The van der Waals surface area contributed by atoms with E-state index in [2.05, 4.69) is 15.4 Å². The van der Waals surface area contributed by atoms with Crippen molar-refractivity contribution < 1.29 is 13.6 Å². The second kappa shape index (κ2) is 5.36. The van der Waals surface area contributed by atoms with Crippen LogP contribution in [0.4, 0.5) is 8.78 Å². The Morgan fingerprint density at radius 1 is 1.33 bits per heavy atom. The smallest absolute Gasteiger partial charge is 0.272 e. The minimum atomic E-state index is -0.569. The molecule has 1 amide bonds. The number of aryl methyl sites for hydroxylation is 1. The first-order valence-electron chi connectivity index (χ1n) is 7.64. The molecule has 4 rings (SSSR count). The molecule has 2 aromatic heterocycles. The molecule has 1 saturated carbocycles. The average Bonchev–Trinajstić information content (AvgIpc) is 3.27. The van der Waals surface area contributed by atoms with Gasteiger partial charge in [-0.1, -0.05) is 12.1 Å². The summed E-state index contributed by atoms with van der Waals surface area (Å²) in [5, 5.41) is 7.01. The van der Waals surface area contributed by atoms with Crippen molar-refractivity contribution in [2.45, 2.75) is 25.8 Å². The van der Waals surface area contributed by atoms with Crippen LogP contribution in [0, 0.1) is 18.6 Å². The molecule has 1 fully saturated rings. The van der Waals surface area contributed by atoms with Crippen molar-refractivity contribution in [3.05, 3.63) is 53.5 Å². The predicted molar refractivity (Wildman–Crippen MR) is 83.6 cm³/mol. The number of nitrogens with one attached hydrogen (secondary N) is 1. The van der Waals surface area contributed by atoms with Gasteiger partial charge in [0.05, 0.1) is 18.0 Å². The second-order valence-corrected chi connectivity index (χ2v) is 5.98. The lowest BCUT2D eigenvalue weighted by atomic mass is 10.0. The summed E-state index contributed by atoms with van der Waals surface area (Å²) in [7, 11) is 0. The van der Waals surface area contributed by atoms with Crippen LogP contribution in [0.25, 0.3) is 16.8 Å². The SMILES string of the molecule is Cc1ccc(-c2c(C(=O)NC3CC3)nn3cc(F)cnc23)cc1F. The zero-order valence-electron chi connectivity index (χ0n) is 12.9. The highest BCUT2D eigenvalue weighted by atomic mass is 19.1. The first-order valence-corrected chi connectivity index (χ1v) is 7.64. The van der Waals surface area contributed by atoms with Gasteiger partial charge in [-0.3, -0.25) is 4.79 Å². The molecule has 1 aliphatic rings. The van der Waals surface area contributed by atoms with Crippen molar-refractivity contribution in [1.82, 2.24) is 19.9 Å². The Morgan fingerprint density at radius 3 is 2.83 bits per heavy atom. The van der Waals surface area contributed by atoms with Crippen molar-refractivity contribution in [3.63, 3.8) is 0 Å². The summed E-state index contributed by atoms with van der Waals surface area (Å²) in [5.41, 5.74) is 1.79. The zero-order valence-corrected chi connectivity index (χ0v) is 12.9. The number of amides is 1. The number of hydrogen-bond donors (Lipinski definition) is 1. The molecule has 7 heteroatoms. The Balaban J connectivity index is 1.92. The summed E-state index contributed by atoms with van der Waals surface area (Å²) < 4.78 is 28.6. The van der Waals surface area contributed by atoms with E-state index < -0.39 is 5.82 Å². The van der Waals surface area contributed by atoms with Gasteiger partial charge in [0.2, 0.25) is 0 Å². The molecular formula is C17H14F2N4O. The van der Waals surface area contributed by atoms with Crippen molar-refractivity contribution in [1.29, 1.82) is 0 Å². The van der Waals surface area contributed by atoms with E-state index in [9.17, 15) is 13.6 Å². The van der Waals surface area contributed by atoms with E-state index in [0.717, 1.165) is 25.2 Å². The lowest BCUT2D eigenvalue weighted by Gasteiger charge is -2.05. The zero-order chi connectivity index (χ0) is 16.8. The number of carbonyl (C=O) groups is 1. The number of benzene rings is 1. The normalized spacial score (nSPS) is 14.1. The molecule has 0 aliphatic heterocycles. The molecule has 122 valence electrons. The lowest BCUT2D eigenvalue weighted by molar-refractivity contribution is 0.0946. The number of nitrogens with zero attached hydrogens (tertiary/aromatic N) is 3. The van der Waals surface area contributed by atoms with Gasteiger partial charge in [-0.05, 0) is 37.0 Å². The van der Waals surface area contributed by atoms with Gasteiger partial charge in [0, 0.05) is 6.04 Å². The molecule has 1 aliphatic carbocycles. The molecule has 3 aromatic rings. The molecule has 0 atom stereocenters. The predicted octanol–water partition coefficient (Wildman–Crippen LogP) is 2.88. The van der Waals surface area contributed by atoms with E-state index in [1.54, 1.807) is 19.1 Å². The van der Waals surface area contributed by atoms with Gasteiger partial charge in [-0.25, -0.2) is 18.3 Å². The molecule has 0 saturated heterocycles. The fourth-order valence-corrected chi connectivity index (χ4v) is 2.57. The number of fused-ring (bicyclic) bond motifs is 1. The fourth-order valence-electron chi connectivity index (χ4n) is 2.57. The number of carbonyl (C=O) groups excluding carboxylic acids is 1. The van der Waals surface area contributed by atoms with Gasteiger partial charge in [-0.2, -0.15) is 5.10 Å². The van der Waals surface area contributed by atoms with Crippen molar-refractivity contribution in [3.8, 4) is 11.1 Å². The Hall–Kier alpha value is -2.83. The summed E-state index contributed by atoms with van der Waals surface area (Å²) in [4.78, 5) is 16.5. The first kappa shape index (κ1) is 14.7. The number of hydrogen-bond acceptors (Lipinski definition) is 3. The molecule has 0 spiro atoms. The van der Waals surface area contributed by atoms with Crippen LogP contribution in [0.5, 0.6) is 0 Å². The molecule has 5 nitrogen and oxygen atoms in total. The highest BCUT2D eigenvalue weighted by molar-refractivity contribution is 6.03. The lowest BCUT2D eigenvalue weighted by Crippen LogP contribution is -2.26. The minimum absolute atomic E-state index is 0.114. The van der Waals surface area contributed by atoms with Crippen LogP contribution in [0.15, 0.2) is 30.6 Å². The second-order valence-electron chi connectivity index (χ2n) is 5.98. The van der Waals surface area contributed by atoms with E-state index >= 15 is 0 Å². The third-order valence-electron chi connectivity index (χ3n) is 4.03. The van der Waals surface area contributed by atoms with Crippen LogP contribution < -0.4 is 5.32 Å². The summed E-state index contributed by atoms with van der Waals surface area (Å²) in [6, 6.07) is 4.81. The van der Waals surface area contributed by atoms with Gasteiger partial charge in [0.25, 0.3) is 5.91 Å². The topological polar surface area (TPSA) is 59.3 Å². The fraction of sp³-hybridized carbons (Fsp3) is 0.235. The van der Waals surface area contributed by atoms with Crippen molar-refractivity contribution in [2.24, 2.45) is 0 Å². The number of aromatic nitrogens is 3. The van der Waals surface area contributed by atoms with Crippen LogP contribution in [-0.4, -0.2) is 26.5 Å². The molecule has 0 radical (unpaired) electrons. The highest BCUT2D eigenvalue weighted by Crippen LogP contribution is 2.30. The van der Waals surface area contributed by atoms with Crippen LogP contribution in [-0.2, 0) is 0 Å². The molecular weight excluding hydrogens is 314 g/mol. The quantitative estimate of drug-likeness (QED) is 0.804. The first-order chi connectivity index (χ1) is 11.5. The van der Waals surface area contributed by atoms with Crippen molar-refractivity contribution >= 4 is 11.6 Å². The Labute approximate surface area is 136 Å². The molecule has 1 aromatic carbocycles. The maximum absolute atomic E-state index is 14.0. The standard InChI is InChI=1S/C17H14F2N4O/c1-9-2-3-10(6-13(9)19)14-15(17(24)21-12-4-5-12)22-23-8-11(18)7-20-16(14)23/h2-3,6-8,12H,4-5H2,1H3,(H,21,24). The maximum atomic E-state index is 14.0. The van der Waals surface area contributed by atoms with Gasteiger partial charge >= 0.3 is 0 Å². The Bertz CT molecular complexity index is 963. The number of halogens is 2. The minimum Gasteiger partial charge on any atom is -0.348 e. The summed E-state index contributed by atoms with van der Waals surface area (Å²) in [6.45, 7) is 1.66. The van der Waals surface area contributed by atoms with Gasteiger partial charge < -0.3 is 5.32 Å². The third-order valence-corrected chi connectivity index (χ3v) is 4.03. The van der Waals surface area contributed by atoms with E-state index in [-0.39, 0.29) is 23.5 Å². The van der Waals surface area contributed by atoms with E-state index in [4.69, 9.17) is 0 Å². The van der Waals surface area contributed by atoms with Crippen molar-refractivity contribution in [2.75, 3.05) is 0 Å². The molecule has 24 heavy (non-hydrogen) atoms. The largest absolute Gasteiger partial charge is 0.348 e. The summed E-state index contributed by atoms with van der Waals surface area (Å²) in [5.74, 6) is -1.32. The molecule has 0 unspecified atom stereocenters. The van der Waals surface area contributed by atoms with Crippen LogP contribution in [0.2, 0.25) is 0 Å². The van der Waals surface area contributed by atoms with Crippen LogP contribution >= 0.6 is 0 Å². The number of rotatable bonds is 3. The molecule has 2 heterocycles. The van der Waals surface area contributed by atoms with E-state index in [1.807, 2.05) is 0 Å². The monoisotopic (exact) mass is 328 g/mol. The van der Waals surface area contributed by atoms with Crippen LogP contribution in [0.1, 0.15) is 28.9 Å². The summed E-state index contributed by atoms with van der Waals surface area (Å²) >= 11 is 0. The Morgan fingerprint density at radius 2 is 2.12 bits per heavy atom. The molecule has 1 N–H and O–H groups in total. The molecule has 0 bridgehead atoms. The van der Waals surface area contributed by atoms with Gasteiger partial charge in [-0.15, -0.1) is 0 Å². The van der Waals surface area contributed by atoms with Crippen LogP contribution in [0.3, 0.4) is 0 Å². The van der Waals surface area contributed by atoms with E-state index in [0.29, 0.717) is 22.3 Å². The van der Waals surface area contributed by atoms with Gasteiger partial charge in [0.15, 0.2) is 17.2 Å². The summed E-state index contributed by atoms with van der Waals surface area (Å²) in [6.07, 6.45) is 4.05. The van der Waals surface area contributed by atoms with E-state index in [1.165, 1.54) is 10.6 Å². The average molecular weight is 328 g/mol. The maximum Gasteiger partial charge on any atom is 0.272 e. The van der Waals surface area contributed by atoms with Gasteiger partial charge in [0.1, 0.15) is 5.82 Å². The highest BCUT2D eigenvalue weighted by Gasteiger charge is 2.28.